The van der Waals surface area contributed by atoms with Crippen LogP contribution < -0.4 is 4.90 Å². The number of cyclic esters (lactones) is 1. The first-order chi connectivity index (χ1) is 11.9. The second-order valence-corrected chi connectivity index (χ2v) is 7.07. The molecule has 2 aliphatic rings. The summed E-state index contributed by atoms with van der Waals surface area (Å²) in [5.41, 5.74) is 1.25. The first kappa shape index (κ1) is 16.0. The summed E-state index contributed by atoms with van der Waals surface area (Å²) in [6.07, 6.45) is 1.52. The molecule has 0 amide bonds. The first-order valence-electron chi connectivity index (χ1n) is 8.30. The Kier molecular flexibility index (Phi) is 3.54. The molecule has 1 saturated heterocycles. The summed E-state index contributed by atoms with van der Waals surface area (Å²) in [6.45, 7) is 4.01. The number of hydrogen-bond donors (Lipinski definition) is 1. The van der Waals surface area contributed by atoms with Gasteiger partial charge in [0, 0.05) is 18.3 Å². The number of carbonyl (C=O) groups is 1. The molecule has 6 heteroatoms. The number of β-amino-alcohol motifs (C(OH)–C–C–N with tert-alkyl or cyclic N) is 1. The van der Waals surface area contributed by atoms with Crippen LogP contribution in [-0.2, 0) is 10.3 Å². The molecule has 0 spiro atoms. The van der Waals surface area contributed by atoms with E-state index < -0.39 is 17.7 Å². The maximum Gasteiger partial charge on any atom is 0.343 e. The number of hydrogen-bond acceptors (Lipinski definition) is 5. The molecule has 1 aromatic carbocycles. The second-order valence-electron chi connectivity index (χ2n) is 7.07. The predicted octanol–water partition coefficient (Wildman–Crippen LogP) is 2.94. The van der Waals surface area contributed by atoms with Crippen molar-refractivity contribution in [3.05, 3.63) is 59.0 Å². The summed E-state index contributed by atoms with van der Waals surface area (Å²) < 4.78 is 19.1. The number of aromatic nitrogens is 1. The number of aliphatic hydroxyl groups is 1. The van der Waals surface area contributed by atoms with Crippen LogP contribution in [0.1, 0.15) is 47.8 Å². The van der Waals surface area contributed by atoms with Gasteiger partial charge in [-0.15, -0.1) is 0 Å². The molecule has 0 radical (unpaired) electrons. The quantitative estimate of drug-likeness (QED) is 0.850. The lowest BCUT2D eigenvalue weighted by atomic mass is 9.96. The van der Waals surface area contributed by atoms with Gasteiger partial charge in [-0.3, -0.25) is 0 Å². The average Bonchev–Trinajstić information content (AvgIpc) is 3.05. The van der Waals surface area contributed by atoms with Crippen LogP contribution >= 0.6 is 0 Å². The summed E-state index contributed by atoms with van der Waals surface area (Å²) in [4.78, 5) is 18.7. The van der Waals surface area contributed by atoms with Crippen molar-refractivity contribution in [2.24, 2.45) is 0 Å². The highest BCUT2D eigenvalue weighted by Gasteiger charge is 2.43. The van der Waals surface area contributed by atoms with E-state index in [0.717, 1.165) is 11.1 Å². The van der Waals surface area contributed by atoms with E-state index in [1.165, 1.54) is 12.1 Å². The number of nitrogens with zero attached hydrogens (tertiary/aromatic N) is 2. The van der Waals surface area contributed by atoms with Crippen LogP contribution in [0.3, 0.4) is 0 Å². The molecule has 0 aliphatic carbocycles. The van der Waals surface area contributed by atoms with Gasteiger partial charge in [-0.25, -0.2) is 14.2 Å². The third-order valence-corrected chi connectivity index (χ3v) is 4.92. The minimum absolute atomic E-state index is 0.249. The smallest absolute Gasteiger partial charge is 0.343 e. The fourth-order valence-electron chi connectivity index (χ4n) is 3.79. The van der Waals surface area contributed by atoms with E-state index in [-0.39, 0.29) is 11.9 Å². The molecular formula is C19H19FN2O3. The molecule has 1 aromatic heterocycles. The number of esters is 1. The number of halogens is 1. The number of pyridine rings is 1. The molecule has 2 atom stereocenters. The summed E-state index contributed by atoms with van der Waals surface area (Å²) in [6, 6.07) is 7.85. The van der Waals surface area contributed by atoms with Crippen LogP contribution in [-0.4, -0.2) is 28.7 Å². The van der Waals surface area contributed by atoms with Crippen LogP contribution in [0.4, 0.5) is 10.2 Å². The predicted molar refractivity (Wildman–Crippen MR) is 89.8 cm³/mol. The summed E-state index contributed by atoms with van der Waals surface area (Å²) in [5.74, 6) is -0.257. The van der Waals surface area contributed by atoms with Crippen LogP contribution in [0.15, 0.2) is 36.5 Å². The summed E-state index contributed by atoms with van der Waals surface area (Å²) in [5, 5.41) is 10.2. The summed E-state index contributed by atoms with van der Waals surface area (Å²) >= 11 is 0. The first-order valence-corrected chi connectivity index (χ1v) is 8.30. The van der Waals surface area contributed by atoms with E-state index >= 15 is 0 Å². The van der Waals surface area contributed by atoms with Crippen molar-refractivity contribution >= 4 is 11.8 Å². The summed E-state index contributed by atoms with van der Waals surface area (Å²) in [7, 11) is 0. The SMILES string of the molecule is CC1(C)OC(=O)c2c1ccnc2N1C[C@H](O)C[C@H]1c1cccc(F)c1. The molecule has 2 aromatic rings. The standard InChI is InChI=1S/C19H19FN2O3/c1-19(2)14-6-7-21-17(16(14)18(24)25-19)22-10-13(23)9-15(22)11-4-3-5-12(20)8-11/h3-8,13,15,23H,9-10H2,1-2H3/t13-,15+/m1/s1. The Bertz CT molecular complexity index is 852. The van der Waals surface area contributed by atoms with Gasteiger partial charge >= 0.3 is 5.97 Å². The maximum atomic E-state index is 13.7. The van der Waals surface area contributed by atoms with Gasteiger partial charge in [0.25, 0.3) is 0 Å². The van der Waals surface area contributed by atoms with Crippen molar-refractivity contribution in [2.45, 2.75) is 38.0 Å². The number of ether oxygens (including phenoxy) is 1. The molecule has 3 heterocycles. The van der Waals surface area contributed by atoms with E-state index in [1.54, 1.807) is 18.3 Å². The van der Waals surface area contributed by atoms with Crippen molar-refractivity contribution in [1.29, 1.82) is 0 Å². The molecule has 1 N–H and O–H groups in total. The van der Waals surface area contributed by atoms with E-state index in [0.29, 0.717) is 24.3 Å². The molecule has 2 aliphatic heterocycles. The molecule has 1 fully saturated rings. The Labute approximate surface area is 145 Å². The number of carbonyl (C=O) groups excluding carboxylic acids is 1. The lowest BCUT2D eigenvalue weighted by Crippen LogP contribution is -2.27. The van der Waals surface area contributed by atoms with Crippen molar-refractivity contribution in [1.82, 2.24) is 4.98 Å². The van der Waals surface area contributed by atoms with Gasteiger partial charge in [-0.1, -0.05) is 12.1 Å². The Hall–Kier alpha value is -2.47. The Morgan fingerprint density at radius 1 is 1.36 bits per heavy atom. The zero-order valence-corrected chi connectivity index (χ0v) is 14.1. The topological polar surface area (TPSA) is 62.7 Å². The molecule has 25 heavy (non-hydrogen) atoms. The number of rotatable bonds is 2. The molecule has 130 valence electrons. The minimum atomic E-state index is -0.712. The number of aliphatic hydroxyl groups excluding tert-OH is 1. The monoisotopic (exact) mass is 342 g/mol. The zero-order valence-electron chi connectivity index (χ0n) is 14.1. The highest BCUT2D eigenvalue weighted by Crippen LogP contribution is 2.43. The van der Waals surface area contributed by atoms with Crippen LogP contribution in [0, 0.1) is 5.82 Å². The van der Waals surface area contributed by atoms with Crippen LogP contribution in [0.5, 0.6) is 0 Å². The van der Waals surface area contributed by atoms with Gasteiger partial charge < -0.3 is 14.7 Å². The van der Waals surface area contributed by atoms with Crippen LogP contribution in [0.2, 0.25) is 0 Å². The molecular weight excluding hydrogens is 323 g/mol. The average molecular weight is 342 g/mol. The number of fused-ring (bicyclic) bond motifs is 1. The molecule has 4 rings (SSSR count). The van der Waals surface area contributed by atoms with Crippen molar-refractivity contribution < 1.29 is 19.0 Å². The normalized spacial score (nSPS) is 24.3. The third kappa shape index (κ3) is 2.57. The highest BCUT2D eigenvalue weighted by molar-refractivity contribution is 5.99. The van der Waals surface area contributed by atoms with Gasteiger partial charge in [-0.05, 0) is 44.0 Å². The Morgan fingerprint density at radius 3 is 2.92 bits per heavy atom. The van der Waals surface area contributed by atoms with E-state index in [9.17, 15) is 14.3 Å². The van der Waals surface area contributed by atoms with Gasteiger partial charge in [0.15, 0.2) is 0 Å². The Balaban J connectivity index is 1.82. The Morgan fingerprint density at radius 2 is 2.16 bits per heavy atom. The molecule has 0 unspecified atom stereocenters. The van der Waals surface area contributed by atoms with Gasteiger partial charge in [-0.2, -0.15) is 0 Å². The van der Waals surface area contributed by atoms with E-state index in [1.807, 2.05) is 24.8 Å². The zero-order chi connectivity index (χ0) is 17.8. The highest BCUT2D eigenvalue weighted by atomic mass is 19.1. The van der Waals surface area contributed by atoms with Crippen molar-refractivity contribution in [2.75, 3.05) is 11.4 Å². The molecule has 0 saturated carbocycles. The lowest BCUT2D eigenvalue weighted by Gasteiger charge is -2.27. The largest absolute Gasteiger partial charge is 0.451 e. The lowest BCUT2D eigenvalue weighted by molar-refractivity contribution is 0.00956. The molecule has 0 bridgehead atoms. The maximum absolute atomic E-state index is 13.7. The third-order valence-electron chi connectivity index (χ3n) is 4.92. The van der Waals surface area contributed by atoms with Crippen LogP contribution in [0.25, 0.3) is 0 Å². The van der Waals surface area contributed by atoms with Crippen molar-refractivity contribution in [3.63, 3.8) is 0 Å². The fourth-order valence-corrected chi connectivity index (χ4v) is 3.79. The number of anilines is 1. The fraction of sp³-hybridized carbons (Fsp3) is 0.368. The second kappa shape index (κ2) is 5.52. The van der Waals surface area contributed by atoms with E-state index in [4.69, 9.17) is 4.74 Å². The van der Waals surface area contributed by atoms with Gasteiger partial charge in [0.2, 0.25) is 0 Å². The number of benzene rings is 1. The van der Waals surface area contributed by atoms with Gasteiger partial charge in [0.1, 0.15) is 22.8 Å². The van der Waals surface area contributed by atoms with E-state index in [2.05, 4.69) is 4.98 Å². The van der Waals surface area contributed by atoms with Gasteiger partial charge in [0.05, 0.1) is 12.1 Å². The van der Waals surface area contributed by atoms with Crippen molar-refractivity contribution in [3.8, 4) is 0 Å². The molecule has 5 nitrogen and oxygen atoms in total. The minimum Gasteiger partial charge on any atom is -0.451 e.